The van der Waals surface area contributed by atoms with Crippen LogP contribution in [0.2, 0.25) is 0 Å². The normalized spacial score (nSPS) is 10.7. The van der Waals surface area contributed by atoms with Crippen LogP contribution in [-0.4, -0.2) is 25.4 Å². The van der Waals surface area contributed by atoms with E-state index in [1.807, 2.05) is 12.1 Å². The highest BCUT2D eigenvalue weighted by molar-refractivity contribution is 5.89. The number of pyridine rings is 2. The molecule has 0 saturated carbocycles. The Labute approximate surface area is 102 Å². The topological polar surface area (TPSA) is 67.5 Å². The molecule has 0 aliphatic heterocycles. The van der Waals surface area contributed by atoms with E-state index < -0.39 is 5.97 Å². The summed E-state index contributed by atoms with van der Waals surface area (Å²) >= 11 is 0. The first-order valence-electron chi connectivity index (χ1n) is 5.38. The van der Waals surface area contributed by atoms with Crippen LogP contribution in [0.3, 0.4) is 0 Å². The maximum atomic E-state index is 11.2. The van der Waals surface area contributed by atoms with E-state index in [-0.39, 0.29) is 5.82 Å². The summed E-state index contributed by atoms with van der Waals surface area (Å²) in [6.45, 7) is 0. The summed E-state index contributed by atoms with van der Waals surface area (Å²) in [6.07, 6.45) is 5.00. The monoisotopic (exact) mass is 239 g/mol. The number of aromatic nitrogens is 3. The van der Waals surface area contributed by atoms with Gasteiger partial charge in [-0.3, -0.25) is 9.38 Å². The second kappa shape index (κ2) is 3.96. The summed E-state index contributed by atoms with van der Waals surface area (Å²) in [7, 11) is 0. The molecule has 0 aromatic carbocycles. The minimum Gasteiger partial charge on any atom is -0.475 e. The summed E-state index contributed by atoms with van der Waals surface area (Å²) in [5, 5.41) is 9.15. The van der Waals surface area contributed by atoms with Gasteiger partial charge in [-0.1, -0.05) is 6.07 Å². The highest BCUT2D eigenvalue weighted by Gasteiger charge is 2.16. The average molecular weight is 239 g/mol. The summed E-state index contributed by atoms with van der Waals surface area (Å²) in [5.74, 6) is -1.03. The number of nitrogens with zero attached hydrogens (tertiary/aromatic N) is 3. The van der Waals surface area contributed by atoms with Crippen molar-refractivity contribution in [3.63, 3.8) is 0 Å². The van der Waals surface area contributed by atoms with Gasteiger partial charge in [-0.2, -0.15) is 0 Å². The van der Waals surface area contributed by atoms with Gasteiger partial charge < -0.3 is 5.11 Å². The van der Waals surface area contributed by atoms with Gasteiger partial charge in [-0.25, -0.2) is 9.78 Å². The van der Waals surface area contributed by atoms with E-state index >= 15 is 0 Å². The first-order valence-corrected chi connectivity index (χ1v) is 5.38. The molecule has 0 atom stereocenters. The van der Waals surface area contributed by atoms with Gasteiger partial charge in [0.15, 0.2) is 0 Å². The molecule has 3 heterocycles. The molecule has 0 saturated heterocycles. The van der Waals surface area contributed by atoms with Crippen molar-refractivity contribution in [1.29, 1.82) is 0 Å². The minimum atomic E-state index is -1.04. The van der Waals surface area contributed by atoms with Gasteiger partial charge in [0.1, 0.15) is 0 Å². The molecule has 3 aromatic heterocycles. The molecule has 0 amide bonds. The lowest BCUT2D eigenvalue weighted by Crippen LogP contribution is -2.02. The number of imidazole rings is 1. The van der Waals surface area contributed by atoms with Crippen molar-refractivity contribution >= 4 is 11.5 Å². The molecule has 18 heavy (non-hydrogen) atoms. The van der Waals surface area contributed by atoms with E-state index in [1.54, 1.807) is 41.2 Å². The van der Waals surface area contributed by atoms with Gasteiger partial charge in [0.25, 0.3) is 0 Å². The fraction of sp³-hybridized carbons (Fsp3) is 0. The molecule has 1 N–H and O–H groups in total. The van der Waals surface area contributed by atoms with Crippen molar-refractivity contribution in [3.05, 3.63) is 54.7 Å². The minimum absolute atomic E-state index is 0.0115. The van der Waals surface area contributed by atoms with Crippen LogP contribution in [0.25, 0.3) is 16.8 Å². The number of carboxylic acid groups (broad SMARTS) is 1. The molecule has 0 unspecified atom stereocenters. The van der Waals surface area contributed by atoms with Crippen molar-refractivity contribution in [3.8, 4) is 11.3 Å². The molecular formula is C13H9N3O2. The van der Waals surface area contributed by atoms with Gasteiger partial charge in [-0.15, -0.1) is 0 Å². The van der Waals surface area contributed by atoms with Gasteiger partial charge >= 0.3 is 5.97 Å². The summed E-state index contributed by atoms with van der Waals surface area (Å²) in [5.41, 5.74) is 2.26. The van der Waals surface area contributed by atoms with Crippen LogP contribution in [0.1, 0.15) is 10.6 Å². The number of carbonyl (C=O) groups is 1. The zero-order valence-corrected chi connectivity index (χ0v) is 9.32. The molecule has 88 valence electrons. The average Bonchev–Trinajstić information content (AvgIpc) is 2.79. The SMILES string of the molecule is O=C(O)c1nc(-c2ccncc2)c2ccccn12. The zero-order valence-electron chi connectivity index (χ0n) is 9.32. The molecule has 0 aliphatic rings. The molecule has 0 spiro atoms. The first kappa shape index (κ1) is 10.5. The third-order valence-electron chi connectivity index (χ3n) is 2.69. The maximum absolute atomic E-state index is 11.2. The molecule has 5 heteroatoms. The van der Waals surface area contributed by atoms with Gasteiger partial charge in [0.05, 0.1) is 11.2 Å². The molecule has 5 nitrogen and oxygen atoms in total. The number of carboxylic acids is 1. The Balaban J connectivity index is 2.34. The third kappa shape index (κ3) is 1.53. The maximum Gasteiger partial charge on any atom is 0.372 e. The Morgan fingerprint density at radius 2 is 1.94 bits per heavy atom. The van der Waals surface area contributed by atoms with Crippen molar-refractivity contribution in [2.75, 3.05) is 0 Å². The van der Waals surface area contributed by atoms with Crippen molar-refractivity contribution < 1.29 is 9.90 Å². The number of hydrogen-bond donors (Lipinski definition) is 1. The molecule has 0 fully saturated rings. The largest absolute Gasteiger partial charge is 0.475 e. The highest BCUT2D eigenvalue weighted by atomic mass is 16.4. The van der Waals surface area contributed by atoms with Crippen LogP contribution >= 0.6 is 0 Å². The van der Waals surface area contributed by atoms with Gasteiger partial charge in [-0.05, 0) is 24.3 Å². The zero-order chi connectivity index (χ0) is 12.5. The van der Waals surface area contributed by atoms with Crippen LogP contribution < -0.4 is 0 Å². The Morgan fingerprint density at radius 3 is 2.67 bits per heavy atom. The van der Waals surface area contributed by atoms with Crippen molar-refractivity contribution in [1.82, 2.24) is 14.4 Å². The number of aromatic carboxylic acids is 1. The predicted molar refractivity (Wildman–Crippen MR) is 65.4 cm³/mol. The van der Waals surface area contributed by atoms with E-state index in [0.717, 1.165) is 11.1 Å². The van der Waals surface area contributed by atoms with E-state index in [1.165, 1.54) is 0 Å². The second-order valence-electron chi connectivity index (χ2n) is 3.78. The Hall–Kier alpha value is -2.69. The molecule has 0 radical (unpaired) electrons. The van der Waals surface area contributed by atoms with Crippen molar-refractivity contribution in [2.24, 2.45) is 0 Å². The first-order chi connectivity index (χ1) is 8.77. The second-order valence-corrected chi connectivity index (χ2v) is 3.78. The number of rotatable bonds is 2. The lowest BCUT2D eigenvalue weighted by Gasteiger charge is -1.97. The Morgan fingerprint density at radius 1 is 1.17 bits per heavy atom. The molecule has 3 rings (SSSR count). The van der Waals surface area contributed by atoms with Crippen LogP contribution in [0.15, 0.2) is 48.9 Å². The number of fused-ring (bicyclic) bond motifs is 1. The van der Waals surface area contributed by atoms with E-state index in [9.17, 15) is 4.79 Å². The Kier molecular flexibility index (Phi) is 2.30. The van der Waals surface area contributed by atoms with Gasteiger partial charge in [0.2, 0.25) is 5.82 Å². The van der Waals surface area contributed by atoms with E-state index in [0.29, 0.717) is 5.69 Å². The molecule has 0 bridgehead atoms. The third-order valence-corrected chi connectivity index (χ3v) is 2.69. The fourth-order valence-corrected chi connectivity index (χ4v) is 1.91. The number of hydrogen-bond acceptors (Lipinski definition) is 3. The van der Waals surface area contributed by atoms with Crippen molar-refractivity contribution in [2.45, 2.75) is 0 Å². The standard InChI is InChI=1S/C13H9N3O2/c17-13(18)12-15-11(9-4-6-14-7-5-9)10-3-1-2-8-16(10)12/h1-8H,(H,17,18). The van der Waals surface area contributed by atoms with Crippen LogP contribution in [0.5, 0.6) is 0 Å². The smallest absolute Gasteiger partial charge is 0.372 e. The van der Waals surface area contributed by atoms with E-state index in [4.69, 9.17) is 5.11 Å². The lowest BCUT2D eigenvalue weighted by atomic mass is 10.2. The van der Waals surface area contributed by atoms with Crippen LogP contribution in [-0.2, 0) is 0 Å². The summed E-state index contributed by atoms with van der Waals surface area (Å²) in [4.78, 5) is 19.3. The molecule has 0 aliphatic carbocycles. The predicted octanol–water partition coefficient (Wildman–Crippen LogP) is 2.09. The fourth-order valence-electron chi connectivity index (χ4n) is 1.91. The van der Waals surface area contributed by atoms with E-state index in [2.05, 4.69) is 9.97 Å². The van der Waals surface area contributed by atoms with Crippen LogP contribution in [0.4, 0.5) is 0 Å². The quantitative estimate of drug-likeness (QED) is 0.743. The summed E-state index contributed by atoms with van der Waals surface area (Å²) in [6, 6.07) is 9.09. The Bertz CT molecular complexity index is 719. The lowest BCUT2D eigenvalue weighted by molar-refractivity contribution is 0.0683. The summed E-state index contributed by atoms with van der Waals surface area (Å²) < 4.78 is 1.57. The highest BCUT2D eigenvalue weighted by Crippen LogP contribution is 2.24. The van der Waals surface area contributed by atoms with Crippen LogP contribution in [0, 0.1) is 0 Å². The molecular weight excluding hydrogens is 230 g/mol. The molecule has 3 aromatic rings. The van der Waals surface area contributed by atoms with Gasteiger partial charge in [0, 0.05) is 24.2 Å².